The monoisotopic (exact) mass is 311 g/mol. The molecule has 4 nitrogen and oxygen atoms in total. The van der Waals surface area contributed by atoms with E-state index in [-0.39, 0.29) is 5.91 Å². The van der Waals surface area contributed by atoms with E-state index in [0.29, 0.717) is 16.8 Å². The third-order valence-electron chi connectivity index (χ3n) is 2.04. The molecule has 0 radical (unpaired) electrons. The molecule has 1 amide bonds. The minimum Gasteiger partial charge on any atom is -0.345 e. The second-order valence-electron chi connectivity index (χ2n) is 3.39. The Hall–Kier alpha value is -1.27. The van der Waals surface area contributed by atoms with E-state index in [1.165, 1.54) is 0 Å². The second-order valence-corrected chi connectivity index (χ2v) is 5.26. The molecule has 0 aliphatic heterocycles. The van der Waals surface area contributed by atoms with Gasteiger partial charge in [-0.05, 0) is 35.0 Å². The maximum atomic E-state index is 11.8. The predicted octanol–water partition coefficient (Wildman–Crippen LogP) is 2.54. The summed E-state index contributed by atoms with van der Waals surface area (Å²) in [5.41, 5.74) is 1.27. The van der Waals surface area contributed by atoms with Crippen LogP contribution in [0.15, 0.2) is 28.2 Å². The molecule has 1 N–H and O–H groups in total. The average Bonchev–Trinajstić information content (AvgIpc) is 2.72. The van der Waals surface area contributed by atoms with Gasteiger partial charge in [0.1, 0.15) is 10.3 Å². The largest absolute Gasteiger partial charge is 0.345 e. The van der Waals surface area contributed by atoms with Gasteiger partial charge in [-0.15, -0.1) is 11.3 Å². The molecular weight excluding hydrogens is 302 g/mol. The van der Waals surface area contributed by atoms with Crippen molar-refractivity contribution < 1.29 is 4.79 Å². The second kappa shape index (κ2) is 5.37. The van der Waals surface area contributed by atoms with Gasteiger partial charge in [0.05, 0.1) is 17.2 Å². The van der Waals surface area contributed by atoms with Crippen molar-refractivity contribution in [2.75, 3.05) is 0 Å². The van der Waals surface area contributed by atoms with Crippen molar-refractivity contribution >= 4 is 33.2 Å². The number of halogens is 1. The zero-order valence-corrected chi connectivity index (χ0v) is 11.5. The summed E-state index contributed by atoms with van der Waals surface area (Å²) in [5.74, 6) is -0.197. The van der Waals surface area contributed by atoms with E-state index in [9.17, 15) is 4.79 Å². The van der Waals surface area contributed by atoms with Crippen LogP contribution in [0.3, 0.4) is 0 Å². The molecule has 2 aromatic heterocycles. The maximum Gasteiger partial charge on any atom is 0.270 e. The molecule has 0 spiro atoms. The van der Waals surface area contributed by atoms with Gasteiger partial charge in [0.15, 0.2) is 0 Å². The van der Waals surface area contributed by atoms with E-state index in [2.05, 4.69) is 31.2 Å². The van der Waals surface area contributed by atoms with E-state index in [0.717, 1.165) is 10.7 Å². The maximum absolute atomic E-state index is 11.8. The van der Waals surface area contributed by atoms with Gasteiger partial charge in [0.25, 0.3) is 5.91 Å². The van der Waals surface area contributed by atoms with Crippen LogP contribution in [0.2, 0.25) is 0 Å². The summed E-state index contributed by atoms with van der Waals surface area (Å²) in [6.45, 7) is 2.36. The highest BCUT2D eigenvalue weighted by Gasteiger charge is 2.07. The molecule has 0 aliphatic rings. The topological polar surface area (TPSA) is 54.9 Å². The fourth-order valence-corrected chi connectivity index (χ4v) is 2.24. The third kappa shape index (κ3) is 3.34. The van der Waals surface area contributed by atoms with Crippen LogP contribution in [-0.4, -0.2) is 15.9 Å². The Morgan fingerprint density at radius 2 is 2.29 bits per heavy atom. The number of pyridine rings is 1. The van der Waals surface area contributed by atoms with Gasteiger partial charge in [0.2, 0.25) is 0 Å². The Bertz CT molecular complexity index is 541. The van der Waals surface area contributed by atoms with Gasteiger partial charge in [-0.25, -0.2) is 9.97 Å². The Morgan fingerprint density at radius 1 is 1.47 bits per heavy atom. The minimum absolute atomic E-state index is 0.197. The van der Waals surface area contributed by atoms with E-state index < -0.39 is 0 Å². The van der Waals surface area contributed by atoms with Crippen LogP contribution in [0, 0.1) is 6.92 Å². The number of carbonyl (C=O) groups excluding carboxylic acids is 1. The van der Waals surface area contributed by atoms with E-state index >= 15 is 0 Å². The van der Waals surface area contributed by atoms with Gasteiger partial charge in [-0.2, -0.15) is 0 Å². The number of hydrogen-bond donors (Lipinski definition) is 1. The average molecular weight is 312 g/mol. The zero-order valence-electron chi connectivity index (χ0n) is 9.11. The van der Waals surface area contributed by atoms with Crippen molar-refractivity contribution in [2.45, 2.75) is 13.5 Å². The molecular formula is C11H10BrN3OS. The highest BCUT2D eigenvalue weighted by molar-refractivity contribution is 9.10. The molecule has 0 atom stereocenters. The van der Waals surface area contributed by atoms with E-state index in [1.54, 1.807) is 29.5 Å². The summed E-state index contributed by atoms with van der Waals surface area (Å²) < 4.78 is 0.648. The van der Waals surface area contributed by atoms with Gasteiger partial charge in [-0.1, -0.05) is 6.07 Å². The quantitative estimate of drug-likeness (QED) is 0.886. The number of thiazole rings is 1. The van der Waals surface area contributed by atoms with Crippen molar-refractivity contribution in [1.29, 1.82) is 0 Å². The van der Waals surface area contributed by atoms with Gasteiger partial charge >= 0.3 is 0 Å². The van der Waals surface area contributed by atoms with Crippen LogP contribution in [-0.2, 0) is 6.54 Å². The van der Waals surface area contributed by atoms with E-state index in [4.69, 9.17) is 0 Å². The number of aryl methyl sites for hydroxylation is 1. The summed E-state index contributed by atoms with van der Waals surface area (Å²) in [4.78, 5) is 20.1. The van der Waals surface area contributed by atoms with Crippen LogP contribution < -0.4 is 5.32 Å². The standard InChI is InChI=1S/C11H10BrN3OS/c1-7-14-8(6-17-7)5-13-11(16)9-3-2-4-10(12)15-9/h2-4,6H,5H2,1H3,(H,13,16). The first-order valence-electron chi connectivity index (χ1n) is 4.97. The molecule has 0 unspecified atom stereocenters. The van der Waals surface area contributed by atoms with Crippen molar-refractivity contribution in [3.63, 3.8) is 0 Å². The lowest BCUT2D eigenvalue weighted by molar-refractivity contribution is 0.0945. The number of nitrogens with zero attached hydrogens (tertiary/aromatic N) is 2. The van der Waals surface area contributed by atoms with Crippen molar-refractivity contribution in [3.05, 3.63) is 44.6 Å². The Balaban J connectivity index is 1.98. The molecule has 88 valence electrons. The first-order valence-corrected chi connectivity index (χ1v) is 6.64. The molecule has 6 heteroatoms. The SMILES string of the molecule is Cc1nc(CNC(=O)c2cccc(Br)n2)cs1. The number of aromatic nitrogens is 2. The Morgan fingerprint density at radius 3 is 2.94 bits per heavy atom. The zero-order chi connectivity index (χ0) is 12.3. The van der Waals surface area contributed by atoms with Gasteiger partial charge < -0.3 is 5.32 Å². The molecule has 0 saturated carbocycles. The molecule has 2 aromatic rings. The Labute approximate surface area is 111 Å². The fourth-order valence-electron chi connectivity index (χ4n) is 1.29. The first-order chi connectivity index (χ1) is 8.15. The number of amides is 1. The van der Waals surface area contributed by atoms with Crippen LogP contribution >= 0.6 is 27.3 Å². The smallest absolute Gasteiger partial charge is 0.270 e. The summed E-state index contributed by atoms with van der Waals surface area (Å²) in [7, 11) is 0. The number of nitrogens with one attached hydrogen (secondary N) is 1. The summed E-state index contributed by atoms with van der Waals surface area (Å²) in [5, 5.41) is 5.71. The van der Waals surface area contributed by atoms with Gasteiger partial charge in [0, 0.05) is 5.38 Å². The van der Waals surface area contributed by atoms with Crippen molar-refractivity contribution in [3.8, 4) is 0 Å². The third-order valence-corrected chi connectivity index (χ3v) is 3.31. The molecule has 2 rings (SSSR count). The minimum atomic E-state index is -0.197. The first kappa shape index (κ1) is 12.2. The lowest BCUT2D eigenvalue weighted by atomic mass is 10.3. The van der Waals surface area contributed by atoms with Crippen molar-refractivity contribution in [2.24, 2.45) is 0 Å². The lowest BCUT2D eigenvalue weighted by Gasteiger charge is -2.02. The Kier molecular flexibility index (Phi) is 3.86. The molecule has 0 aromatic carbocycles. The fraction of sp³-hybridized carbons (Fsp3) is 0.182. The van der Waals surface area contributed by atoms with Crippen LogP contribution in [0.4, 0.5) is 0 Å². The molecule has 0 saturated heterocycles. The normalized spacial score (nSPS) is 10.2. The molecule has 0 fully saturated rings. The summed E-state index contributed by atoms with van der Waals surface area (Å²) in [6.07, 6.45) is 0. The lowest BCUT2D eigenvalue weighted by Crippen LogP contribution is -2.23. The number of carbonyl (C=O) groups is 1. The van der Waals surface area contributed by atoms with Crippen LogP contribution in [0.1, 0.15) is 21.2 Å². The number of hydrogen-bond acceptors (Lipinski definition) is 4. The molecule has 2 heterocycles. The molecule has 0 bridgehead atoms. The predicted molar refractivity (Wildman–Crippen MR) is 70.0 cm³/mol. The van der Waals surface area contributed by atoms with Crippen LogP contribution in [0.25, 0.3) is 0 Å². The van der Waals surface area contributed by atoms with Crippen molar-refractivity contribution in [1.82, 2.24) is 15.3 Å². The number of rotatable bonds is 3. The highest BCUT2D eigenvalue weighted by atomic mass is 79.9. The summed E-state index contributed by atoms with van der Waals surface area (Å²) in [6, 6.07) is 5.23. The molecule has 0 aliphatic carbocycles. The highest BCUT2D eigenvalue weighted by Crippen LogP contribution is 2.08. The van der Waals surface area contributed by atoms with E-state index in [1.807, 2.05) is 12.3 Å². The molecule has 17 heavy (non-hydrogen) atoms. The summed E-state index contributed by atoms with van der Waals surface area (Å²) >= 11 is 4.80. The van der Waals surface area contributed by atoms with Crippen LogP contribution in [0.5, 0.6) is 0 Å². The van der Waals surface area contributed by atoms with Gasteiger partial charge in [-0.3, -0.25) is 4.79 Å².